The van der Waals surface area contributed by atoms with Gasteiger partial charge in [0.2, 0.25) is 5.91 Å². The van der Waals surface area contributed by atoms with Crippen LogP contribution in [0.5, 0.6) is 5.75 Å². The summed E-state index contributed by atoms with van der Waals surface area (Å²) >= 11 is 0. The summed E-state index contributed by atoms with van der Waals surface area (Å²) in [5.41, 5.74) is 4.00. The van der Waals surface area contributed by atoms with Crippen LogP contribution in [-0.2, 0) is 9.59 Å². The quantitative estimate of drug-likeness (QED) is 0.641. The molecule has 0 unspecified atom stereocenters. The molecule has 0 saturated carbocycles. The smallest absolute Gasteiger partial charge is 0.316 e. The number of aryl methyl sites for hydroxylation is 3. The molecule has 1 heterocycles. The Hall–Kier alpha value is -2.62. The van der Waals surface area contributed by atoms with E-state index in [9.17, 15) is 9.59 Å². The maximum absolute atomic E-state index is 12.4. The number of carbonyl (C=O) groups is 2. The molecule has 24 heavy (non-hydrogen) atoms. The molecule has 0 aromatic heterocycles. The number of anilines is 1. The van der Waals surface area contributed by atoms with Crippen LogP contribution in [0.25, 0.3) is 0 Å². The van der Waals surface area contributed by atoms with Crippen molar-refractivity contribution in [2.75, 3.05) is 11.4 Å². The fraction of sp³-hybridized carbons (Fsp3) is 0.300. The lowest BCUT2D eigenvalue weighted by Gasteiger charge is -2.17. The highest BCUT2D eigenvalue weighted by Crippen LogP contribution is 2.27. The number of nitrogens with zero attached hydrogens (tertiary/aromatic N) is 1. The van der Waals surface area contributed by atoms with Crippen LogP contribution in [0, 0.1) is 26.7 Å². The van der Waals surface area contributed by atoms with Gasteiger partial charge < -0.3 is 9.64 Å². The third kappa shape index (κ3) is 3.32. The SMILES string of the molecule is Cc1ccc(N2C[C@H](C(=O)Oc3ccc(C)cc3C)CC2=O)cc1. The first-order valence-electron chi connectivity index (χ1n) is 8.10. The van der Waals surface area contributed by atoms with Gasteiger partial charge >= 0.3 is 5.97 Å². The van der Waals surface area contributed by atoms with Gasteiger partial charge in [0.1, 0.15) is 5.75 Å². The number of rotatable bonds is 3. The monoisotopic (exact) mass is 323 g/mol. The van der Waals surface area contributed by atoms with Crippen LogP contribution < -0.4 is 9.64 Å². The van der Waals surface area contributed by atoms with Gasteiger partial charge in [0.15, 0.2) is 0 Å². The Balaban J connectivity index is 1.70. The summed E-state index contributed by atoms with van der Waals surface area (Å²) in [7, 11) is 0. The highest BCUT2D eigenvalue weighted by molar-refractivity contribution is 5.99. The van der Waals surface area contributed by atoms with Gasteiger partial charge in [0, 0.05) is 18.7 Å². The molecule has 1 fully saturated rings. The zero-order valence-electron chi connectivity index (χ0n) is 14.2. The lowest BCUT2D eigenvalue weighted by atomic mass is 10.1. The van der Waals surface area contributed by atoms with Crippen molar-refractivity contribution in [3.63, 3.8) is 0 Å². The van der Waals surface area contributed by atoms with E-state index in [-0.39, 0.29) is 18.3 Å². The second-order valence-corrected chi connectivity index (χ2v) is 6.43. The second kappa shape index (κ2) is 6.48. The average Bonchev–Trinajstić information content (AvgIpc) is 2.93. The molecule has 124 valence electrons. The van der Waals surface area contributed by atoms with Gasteiger partial charge in [-0.3, -0.25) is 9.59 Å². The number of benzene rings is 2. The Morgan fingerprint density at radius 1 is 1.04 bits per heavy atom. The zero-order valence-corrected chi connectivity index (χ0v) is 14.2. The number of hydrogen-bond acceptors (Lipinski definition) is 3. The average molecular weight is 323 g/mol. The van der Waals surface area contributed by atoms with Gasteiger partial charge in [-0.2, -0.15) is 0 Å². The van der Waals surface area contributed by atoms with E-state index in [1.54, 1.807) is 11.0 Å². The number of carbonyl (C=O) groups excluding carboxylic acids is 2. The van der Waals surface area contributed by atoms with Crippen LogP contribution in [-0.4, -0.2) is 18.4 Å². The fourth-order valence-electron chi connectivity index (χ4n) is 2.95. The van der Waals surface area contributed by atoms with Crippen LogP contribution in [0.3, 0.4) is 0 Å². The van der Waals surface area contributed by atoms with Crippen molar-refractivity contribution in [1.29, 1.82) is 0 Å². The first-order chi connectivity index (χ1) is 11.4. The molecule has 4 nitrogen and oxygen atoms in total. The summed E-state index contributed by atoms with van der Waals surface area (Å²) in [5, 5.41) is 0. The fourth-order valence-corrected chi connectivity index (χ4v) is 2.95. The summed E-state index contributed by atoms with van der Waals surface area (Å²) < 4.78 is 5.52. The molecule has 4 heteroatoms. The van der Waals surface area contributed by atoms with Crippen molar-refractivity contribution in [2.45, 2.75) is 27.2 Å². The Labute approximate surface area is 142 Å². The largest absolute Gasteiger partial charge is 0.426 e. The van der Waals surface area contributed by atoms with Crippen LogP contribution in [0.4, 0.5) is 5.69 Å². The van der Waals surface area contributed by atoms with E-state index in [0.29, 0.717) is 12.3 Å². The van der Waals surface area contributed by atoms with Gasteiger partial charge in [0.05, 0.1) is 5.92 Å². The molecule has 0 bridgehead atoms. The Bertz CT molecular complexity index is 780. The normalized spacial score (nSPS) is 17.2. The van der Waals surface area contributed by atoms with E-state index in [4.69, 9.17) is 4.74 Å². The summed E-state index contributed by atoms with van der Waals surface area (Å²) in [5.74, 6) is -0.252. The van der Waals surface area contributed by atoms with E-state index < -0.39 is 5.92 Å². The number of amides is 1. The highest BCUT2D eigenvalue weighted by Gasteiger charge is 2.36. The predicted molar refractivity (Wildman–Crippen MR) is 93.2 cm³/mol. The van der Waals surface area contributed by atoms with Gasteiger partial charge in [-0.1, -0.05) is 35.4 Å². The van der Waals surface area contributed by atoms with Crippen molar-refractivity contribution < 1.29 is 14.3 Å². The molecule has 1 aliphatic rings. The highest BCUT2D eigenvalue weighted by atomic mass is 16.5. The first kappa shape index (κ1) is 16.2. The van der Waals surface area contributed by atoms with Gasteiger partial charge in [-0.15, -0.1) is 0 Å². The Morgan fingerprint density at radius 2 is 1.71 bits per heavy atom. The molecule has 1 aliphatic heterocycles. The van der Waals surface area contributed by atoms with E-state index in [0.717, 1.165) is 22.4 Å². The second-order valence-electron chi connectivity index (χ2n) is 6.43. The standard InChI is InChI=1S/C20H21NO3/c1-13-4-7-17(8-5-13)21-12-16(11-19(21)22)20(23)24-18-9-6-14(2)10-15(18)3/h4-10,16H,11-12H2,1-3H3/t16-/m1/s1. The van der Waals surface area contributed by atoms with E-state index in [1.165, 1.54) is 0 Å². The molecule has 1 amide bonds. The summed E-state index contributed by atoms with van der Waals surface area (Å²) in [4.78, 5) is 26.3. The third-order valence-electron chi connectivity index (χ3n) is 4.34. The van der Waals surface area contributed by atoms with Crippen molar-refractivity contribution in [1.82, 2.24) is 0 Å². The molecule has 3 rings (SSSR count). The number of ether oxygens (including phenoxy) is 1. The number of hydrogen-bond donors (Lipinski definition) is 0. The van der Waals surface area contributed by atoms with Crippen molar-refractivity contribution in [3.8, 4) is 5.75 Å². The predicted octanol–water partition coefficient (Wildman–Crippen LogP) is 3.57. The van der Waals surface area contributed by atoms with E-state index >= 15 is 0 Å². The molecule has 0 spiro atoms. The molecule has 1 saturated heterocycles. The molecule has 2 aromatic rings. The molecular weight excluding hydrogens is 302 g/mol. The topological polar surface area (TPSA) is 46.6 Å². The van der Waals surface area contributed by atoms with Crippen LogP contribution in [0.2, 0.25) is 0 Å². The van der Waals surface area contributed by atoms with Gasteiger partial charge in [-0.25, -0.2) is 0 Å². The van der Waals surface area contributed by atoms with Crippen molar-refractivity contribution >= 4 is 17.6 Å². The summed E-state index contributed by atoms with van der Waals surface area (Å²) in [6.07, 6.45) is 0.192. The lowest BCUT2D eigenvalue weighted by molar-refractivity contribution is -0.139. The van der Waals surface area contributed by atoms with Crippen molar-refractivity contribution in [2.24, 2.45) is 5.92 Å². The van der Waals surface area contributed by atoms with E-state index in [2.05, 4.69) is 0 Å². The maximum atomic E-state index is 12.4. The molecule has 0 radical (unpaired) electrons. The number of esters is 1. The first-order valence-corrected chi connectivity index (χ1v) is 8.10. The molecule has 1 atom stereocenters. The molecule has 0 aliphatic carbocycles. The minimum Gasteiger partial charge on any atom is -0.426 e. The van der Waals surface area contributed by atoms with Crippen LogP contribution in [0.15, 0.2) is 42.5 Å². The zero-order chi connectivity index (χ0) is 17.3. The summed E-state index contributed by atoms with van der Waals surface area (Å²) in [6.45, 7) is 6.27. The molecule has 0 N–H and O–H groups in total. The van der Waals surface area contributed by atoms with Gasteiger partial charge in [-0.05, 0) is 44.5 Å². The minimum atomic E-state index is -0.431. The molecule has 2 aromatic carbocycles. The summed E-state index contributed by atoms with van der Waals surface area (Å²) in [6, 6.07) is 13.4. The maximum Gasteiger partial charge on any atom is 0.316 e. The third-order valence-corrected chi connectivity index (χ3v) is 4.34. The molecular formula is C20H21NO3. The Morgan fingerprint density at radius 3 is 2.38 bits per heavy atom. The van der Waals surface area contributed by atoms with Crippen molar-refractivity contribution in [3.05, 3.63) is 59.2 Å². The Kier molecular flexibility index (Phi) is 4.38. The van der Waals surface area contributed by atoms with Crippen LogP contribution in [0.1, 0.15) is 23.1 Å². The van der Waals surface area contributed by atoms with E-state index in [1.807, 2.05) is 57.2 Å². The lowest BCUT2D eigenvalue weighted by Crippen LogP contribution is -2.27. The minimum absolute atomic E-state index is 0.0403. The van der Waals surface area contributed by atoms with Crippen LogP contribution >= 0.6 is 0 Å². The van der Waals surface area contributed by atoms with Gasteiger partial charge in [0.25, 0.3) is 0 Å².